The summed E-state index contributed by atoms with van der Waals surface area (Å²) in [6.45, 7) is 9.54. The molecule has 5 nitrogen and oxygen atoms in total. The fourth-order valence-electron chi connectivity index (χ4n) is 3.20. The first kappa shape index (κ1) is 17.4. The SMILES string of the molecule is Cc1ccc2c(n1)N(CC(C)C)CCN(C(=O)Cc1ccccn1)C2. The molecular formula is C20H26N4O. The van der Waals surface area contributed by atoms with Gasteiger partial charge in [-0.2, -0.15) is 0 Å². The zero-order valence-corrected chi connectivity index (χ0v) is 15.3. The Bertz CT molecular complexity index is 730. The Kier molecular flexibility index (Phi) is 5.31. The summed E-state index contributed by atoms with van der Waals surface area (Å²) >= 11 is 0. The van der Waals surface area contributed by atoms with E-state index in [2.05, 4.69) is 29.8 Å². The van der Waals surface area contributed by atoms with Gasteiger partial charge in [0.05, 0.1) is 6.42 Å². The summed E-state index contributed by atoms with van der Waals surface area (Å²) in [4.78, 5) is 26.1. The standard InChI is InChI=1S/C20H26N4O/c1-15(2)13-24-11-10-23(14-17-8-7-16(3)22-20(17)24)19(25)12-18-6-4-5-9-21-18/h4-9,15H,10-14H2,1-3H3. The van der Waals surface area contributed by atoms with Gasteiger partial charge in [0.1, 0.15) is 5.82 Å². The minimum Gasteiger partial charge on any atom is -0.354 e. The number of hydrogen-bond donors (Lipinski definition) is 0. The average molecular weight is 338 g/mol. The van der Waals surface area contributed by atoms with Gasteiger partial charge in [-0.3, -0.25) is 9.78 Å². The van der Waals surface area contributed by atoms with Gasteiger partial charge in [0.2, 0.25) is 5.91 Å². The van der Waals surface area contributed by atoms with E-state index in [1.165, 1.54) is 0 Å². The Morgan fingerprint density at radius 3 is 2.76 bits per heavy atom. The van der Waals surface area contributed by atoms with E-state index < -0.39 is 0 Å². The molecule has 0 saturated heterocycles. The molecule has 1 aliphatic rings. The smallest absolute Gasteiger partial charge is 0.228 e. The number of anilines is 1. The summed E-state index contributed by atoms with van der Waals surface area (Å²) in [6.07, 6.45) is 2.08. The molecule has 25 heavy (non-hydrogen) atoms. The molecule has 3 rings (SSSR count). The summed E-state index contributed by atoms with van der Waals surface area (Å²) in [5.41, 5.74) is 2.96. The first-order valence-electron chi connectivity index (χ1n) is 8.92. The van der Waals surface area contributed by atoms with Crippen molar-refractivity contribution >= 4 is 11.7 Å². The molecule has 0 unspecified atom stereocenters. The molecule has 0 bridgehead atoms. The second kappa shape index (κ2) is 7.64. The third kappa shape index (κ3) is 4.35. The number of amides is 1. The predicted octanol–water partition coefficient (Wildman–Crippen LogP) is 2.83. The van der Waals surface area contributed by atoms with Gasteiger partial charge in [-0.1, -0.05) is 26.0 Å². The van der Waals surface area contributed by atoms with Crippen LogP contribution in [0.15, 0.2) is 36.5 Å². The van der Waals surface area contributed by atoms with Crippen LogP contribution < -0.4 is 4.90 Å². The van der Waals surface area contributed by atoms with Crippen LogP contribution in [0, 0.1) is 12.8 Å². The van der Waals surface area contributed by atoms with Gasteiger partial charge in [-0.05, 0) is 31.0 Å². The van der Waals surface area contributed by atoms with E-state index in [0.29, 0.717) is 25.4 Å². The van der Waals surface area contributed by atoms with Crippen molar-refractivity contribution in [1.82, 2.24) is 14.9 Å². The van der Waals surface area contributed by atoms with E-state index in [9.17, 15) is 4.79 Å². The molecule has 0 radical (unpaired) electrons. The number of pyridine rings is 2. The normalized spacial score (nSPS) is 14.4. The van der Waals surface area contributed by atoms with E-state index in [0.717, 1.165) is 35.9 Å². The van der Waals surface area contributed by atoms with Crippen LogP contribution in [0.4, 0.5) is 5.82 Å². The fourth-order valence-corrected chi connectivity index (χ4v) is 3.20. The van der Waals surface area contributed by atoms with Gasteiger partial charge >= 0.3 is 0 Å². The maximum atomic E-state index is 12.8. The molecule has 0 N–H and O–H groups in total. The summed E-state index contributed by atoms with van der Waals surface area (Å²) < 4.78 is 0. The van der Waals surface area contributed by atoms with Crippen molar-refractivity contribution in [2.24, 2.45) is 5.92 Å². The molecule has 0 fully saturated rings. The third-order valence-electron chi connectivity index (χ3n) is 4.39. The Morgan fingerprint density at radius 1 is 1.20 bits per heavy atom. The van der Waals surface area contributed by atoms with Gasteiger partial charge in [0, 0.05) is 49.3 Å². The van der Waals surface area contributed by atoms with Crippen molar-refractivity contribution in [3.8, 4) is 0 Å². The average Bonchev–Trinajstić information content (AvgIpc) is 2.75. The third-order valence-corrected chi connectivity index (χ3v) is 4.39. The second-order valence-corrected chi connectivity index (χ2v) is 7.09. The molecule has 0 aromatic carbocycles. The zero-order valence-electron chi connectivity index (χ0n) is 15.3. The van der Waals surface area contributed by atoms with Gasteiger partial charge in [-0.15, -0.1) is 0 Å². The van der Waals surface area contributed by atoms with E-state index in [1.54, 1.807) is 6.20 Å². The summed E-state index contributed by atoms with van der Waals surface area (Å²) in [5, 5.41) is 0. The molecule has 1 aliphatic heterocycles. The van der Waals surface area contributed by atoms with Crippen LogP contribution in [0.2, 0.25) is 0 Å². The van der Waals surface area contributed by atoms with Gasteiger partial charge in [-0.25, -0.2) is 4.98 Å². The van der Waals surface area contributed by atoms with Crippen LogP contribution in [0.3, 0.4) is 0 Å². The van der Waals surface area contributed by atoms with E-state index in [-0.39, 0.29) is 5.91 Å². The van der Waals surface area contributed by atoms with Crippen molar-refractivity contribution in [2.45, 2.75) is 33.7 Å². The number of nitrogens with zero attached hydrogens (tertiary/aromatic N) is 4. The highest BCUT2D eigenvalue weighted by atomic mass is 16.2. The molecule has 5 heteroatoms. The molecule has 2 aromatic rings. The van der Waals surface area contributed by atoms with E-state index in [4.69, 9.17) is 4.98 Å². The van der Waals surface area contributed by atoms with Crippen LogP contribution >= 0.6 is 0 Å². The number of hydrogen-bond acceptors (Lipinski definition) is 4. The molecule has 0 saturated carbocycles. The van der Waals surface area contributed by atoms with Crippen molar-refractivity contribution in [1.29, 1.82) is 0 Å². The van der Waals surface area contributed by atoms with Gasteiger partial charge in [0.15, 0.2) is 0 Å². The molecule has 0 atom stereocenters. The molecule has 0 spiro atoms. The van der Waals surface area contributed by atoms with Crippen LogP contribution in [0.5, 0.6) is 0 Å². The Balaban J connectivity index is 1.81. The van der Waals surface area contributed by atoms with Crippen LogP contribution in [-0.2, 0) is 17.8 Å². The fraction of sp³-hybridized carbons (Fsp3) is 0.450. The number of aromatic nitrogens is 2. The topological polar surface area (TPSA) is 49.3 Å². The van der Waals surface area contributed by atoms with Gasteiger partial charge in [0.25, 0.3) is 0 Å². The Labute approximate surface area is 149 Å². The molecular weight excluding hydrogens is 312 g/mol. The number of aryl methyl sites for hydroxylation is 1. The number of fused-ring (bicyclic) bond motifs is 1. The Hall–Kier alpha value is -2.43. The lowest BCUT2D eigenvalue weighted by Gasteiger charge is -2.25. The number of carbonyl (C=O) groups is 1. The summed E-state index contributed by atoms with van der Waals surface area (Å²) in [5.74, 6) is 1.70. The maximum absolute atomic E-state index is 12.8. The van der Waals surface area contributed by atoms with Crippen LogP contribution in [0.1, 0.15) is 30.8 Å². The lowest BCUT2D eigenvalue weighted by atomic mass is 10.1. The molecule has 0 aliphatic carbocycles. The zero-order chi connectivity index (χ0) is 17.8. The highest BCUT2D eigenvalue weighted by Gasteiger charge is 2.24. The predicted molar refractivity (Wildman–Crippen MR) is 99.4 cm³/mol. The molecule has 1 amide bonds. The van der Waals surface area contributed by atoms with E-state index >= 15 is 0 Å². The quantitative estimate of drug-likeness (QED) is 0.860. The second-order valence-electron chi connectivity index (χ2n) is 7.09. The van der Waals surface area contributed by atoms with Crippen molar-refractivity contribution in [3.63, 3.8) is 0 Å². The first-order chi connectivity index (χ1) is 12.0. The highest BCUT2D eigenvalue weighted by Crippen LogP contribution is 2.24. The highest BCUT2D eigenvalue weighted by molar-refractivity contribution is 5.78. The molecule has 132 valence electrons. The van der Waals surface area contributed by atoms with Crippen molar-refractivity contribution in [2.75, 3.05) is 24.5 Å². The first-order valence-corrected chi connectivity index (χ1v) is 8.92. The molecule has 2 aromatic heterocycles. The number of rotatable bonds is 4. The maximum Gasteiger partial charge on any atom is 0.228 e. The minimum atomic E-state index is 0.122. The Morgan fingerprint density at radius 2 is 2.04 bits per heavy atom. The summed E-state index contributed by atoms with van der Waals surface area (Å²) in [6, 6.07) is 9.83. The monoisotopic (exact) mass is 338 g/mol. The van der Waals surface area contributed by atoms with Crippen molar-refractivity contribution < 1.29 is 4.79 Å². The number of carbonyl (C=O) groups excluding carboxylic acids is 1. The van der Waals surface area contributed by atoms with Crippen LogP contribution in [0.25, 0.3) is 0 Å². The largest absolute Gasteiger partial charge is 0.354 e. The van der Waals surface area contributed by atoms with E-state index in [1.807, 2.05) is 36.1 Å². The molecule has 3 heterocycles. The van der Waals surface area contributed by atoms with Crippen LogP contribution in [-0.4, -0.2) is 40.4 Å². The van der Waals surface area contributed by atoms with Crippen molar-refractivity contribution in [3.05, 3.63) is 53.5 Å². The minimum absolute atomic E-state index is 0.122. The lowest BCUT2D eigenvalue weighted by molar-refractivity contribution is -0.130. The lowest BCUT2D eigenvalue weighted by Crippen LogP contribution is -2.37. The summed E-state index contributed by atoms with van der Waals surface area (Å²) in [7, 11) is 0. The van der Waals surface area contributed by atoms with Gasteiger partial charge < -0.3 is 9.80 Å².